The Kier molecular flexibility index (Phi) is 1.15. The summed E-state index contributed by atoms with van der Waals surface area (Å²) in [5.41, 5.74) is 4.82. The number of aromatic nitrogens is 3. The fourth-order valence-corrected chi connectivity index (χ4v) is 1.90. The van der Waals surface area contributed by atoms with Gasteiger partial charge >= 0.3 is 0 Å². The standard InChI is InChI=1S/C10H9N3/c1-7-10-9-5-3-2-4-8(9)6-13(10)12-11-7/h2-5H,6H2,1H3. The maximum atomic E-state index is 4.08. The third-order valence-corrected chi connectivity index (χ3v) is 2.50. The van der Waals surface area contributed by atoms with E-state index in [1.807, 2.05) is 11.6 Å². The molecule has 64 valence electrons. The van der Waals surface area contributed by atoms with Gasteiger partial charge in [-0.3, -0.25) is 0 Å². The molecule has 1 aliphatic rings. The second kappa shape index (κ2) is 2.19. The summed E-state index contributed by atoms with van der Waals surface area (Å²) in [6.07, 6.45) is 0. The first-order valence-corrected chi connectivity index (χ1v) is 4.34. The summed E-state index contributed by atoms with van der Waals surface area (Å²) in [5.74, 6) is 0. The zero-order valence-electron chi connectivity index (χ0n) is 7.36. The lowest BCUT2D eigenvalue weighted by Gasteiger charge is -1.95. The van der Waals surface area contributed by atoms with Gasteiger partial charge in [-0.2, -0.15) is 0 Å². The van der Waals surface area contributed by atoms with E-state index >= 15 is 0 Å². The van der Waals surface area contributed by atoms with E-state index in [-0.39, 0.29) is 0 Å². The van der Waals surface area contributed by atoms with Crippen LogP contribution in [0.2, 0.25) is 0 Å². The molecule has 0 bridgehead atoms. The van der Waals surface area contributed by atoms with Gasteiger partial charge in [-0.1, -0.05) is 29.5 Å². The van der Waals surface area contributed by atoms with Gasteiger partial charge < -0.3 is 0 Å². The van der Waals surface area contributed by atoms with Crippen LogP contribution in [0.5, 0.6) is 0 Å². The molecular weight excluding hydrogens is 162 g/mol. The van der Waals surface area contributed by atoms with Crippen LogP contribution < -0.4 is 0 Å². The van der Waals surface area contributed by atoms with Gasteiger partial charge in [0.05, 0.1) is 17.9 Å². The van der Waals surface area contributed by atoms with Gasteiger partial charge in [0.2, 0.25) is 0 Å². The topological polar surface area (TPSA) is 30.7 Å². The van der Waals surface area contributed by atoms with Crippen LogP contribution in [-0.4, -0.2) is 15.0 Å². The Labute approximate surface area is 76.0 Å². The Bertz CT molecular complexity index is 471. The van der Waals surface area contributed by atoms with Crippen LogP contribution in [0.25, 0.3) is 11.3 Å². The van der Waals surface area contributed by atoms with Crippen molar-refractivity contribution in [1.82, 2.24) is 15.0 Å². The number of hydrogen-bond acceptors (Lipinski definition) is 2. The van der Waals surface area contributed by atoms with Crippen LogP contribution in [0.3, 0.4) is 0 Å². The summed E-state index contributed by atoms with van der Waals surface area (Å²) in [6.45, 7) is 2.87. The van der Waals surface area contributed by atoms with Crippen LogP contribution in [0.15, 0.2) is 24.3 Å². The SMILES string of the molecule is Cc1nnn2c1-c1ccccc1C2. The predicted molar refractivity (Wildman–Crippen MR) is 49.3 cm³/mol. The van der Waals surface area contributed by atoms with Crippen molar-refractivity contribution in [3.8, 4) is 11.3 Å². The molecule has 3 rings (SSSR count). The van der Waals surface area contributed by atoms with Crippen molar-refractivity contribution in [2.45, 2.75) is 13.5 Å². The van der Waals surface area contributed by atoms with Gasteiger partial charge in [-0.05, 0) is 12.5 Å². The summed E-state index contributed by atoms with van der Waals surface area (Å²) in [5, 5.41) is 8.13. The van der Waals surface area contributed by atoms with Crippen LogP contribution in [-0.2, 0) is 6.54 Å². The molecule has 0 aliphatic carbocycles. The summed E-state index contributed by atoms with van der Waals surface area (Å²) in [7, 11) is 0. The quantitative estimate of drug-likeness (QED) is 0.514. The highest BCUT2D eigenvalue weighted by Gasteiger charge is 2.21. The van der Waals surface area contributed by atoms with E-state index in [1.165, 1.54) is 16.8 Å². The highest BCUT2D eigenvalue weighted by atomic mass is 15.4. The van der Waals surface area contributed by atoms with E-state index in [0.717, 1.165) is 12.2 Å². The van der Waals surface area contributed by atoms with E-state index in [2.05, 4.69) is 34.6 Å². The molecule has 0 unspecified atom stereocenters. The summed E-state index contributed by atoms with van der Waals surface area (Å²) >= 11 is 0. The highest BCUT2D eigenvalue weighted by Crippen LogP contribution is 2.31. The van der Waals surface area contributed by atoms with Gasteiger partial charge in [-0.15, -0.1) is 5.10 Å². The smallest absolute Gasteiger partial charge is 0.0922 e. The molecule has 0 amide bonds. The number of aryl methyl sites for hydroxylation is 1. The average molecular weight is 171 g/mol. The largest absolute Gasteiger partial charge is 0.240 e. The molecule has 0 spiro atoms. The molecule has 1 aromatic heterocycles. The van der Waals surface area contributed by atoms with E-state index in [9.17, 15) is 0 Å². The number of nitrogens with zero attached hydrogens (tertiary/aromatic N) is 3. The number of benzene rings is 1. The molecule has 13 heavy (non-hydrogen) atoms. The van der Waals surface area contributed by atoms with Crippen molar-refractivity contribution in [1.29, 1.82) is 0 Å². The third kappa shape index (κ3) is 0.786. The van der Waals surface area contributed by atoms with E-state index in [0.29, 0.717) is 0 Å². The van der Waals surface area contributed by atoms with Gasteiger partial charge in [0.15, 0.2) is 0 Å². The maximum Gasteiger partial charge on any atom is 0.0922 e. The molecule has 0 atom stereocenters. The van der Waals surface area contributed by atoms with Crippen molar-refractivity contribution >= 4 is 0 Å². The highest BCUT2D eigenvalue weighted by molar-refractivity contribution is 5.69. The molecule has 0 N–H and O–H groups in total. The van der Waals surface area contributed by atoms with Gasteiger partial charge in [-0.25, -0.2) is 4.68 Å². The lowest BCUT2D eigenvalue weighted by atomic mass is 10.1. The lowest BCUT2D eigenvalue weighted by Crippen LogP contribution is -1.94. The molecule has 1 aromatic carbocycles. The monoisotopic (exact) mass is 171 g/mol. The number of rotatable bonds is 0. The molecule has 3 heteroatoms. The van der Waals surface area contributed by atoms with E-state index in [4.69, 9.17) is 0 Å². The molecular formula is C10H9N3. The second-order valence-corrected chi connectivity index (χ2v) is 3.34. The maximum absolute atomic E-state index is 4.08. The summed E-state index contributed by atoms with van der Waals surface area (Å²) in [4.78, 5) is 0. The van der Waals surface area contributed by atoms with Crippen molar-refractivity contribution in [3.63, 3.8) is 0 Å². The Balaban J connectivity index is 2.35. The van der Waals surface area contributed by atoms with Crippen molar-refractivity contribution in [2.75, 3.05) is 0 Å². The molecule has 3 nitrogen and oxygen atoms in total. The van der Waals surface area contributed by atoms with Crippen LogP contribution >= 0.6 is 0 Å². The first kappa shape index (κ1) is 6.83. The molecule has 2 aromatic rings. The normalized spacial score (nSPS) is 12.7. The minimum absolute atomic E-state index is 0.867. The molecule has 0 saturated carbocycles. The Morgan fingerprint density at radius 3 is 3.08 bits per heavy atom. The number of hydrogen-bond donors (Lipinski definition) is 0. The fourth-order valence-electron chi connectivity index (χ4n) is 1.90. The van der Waals surface area contributed by atoms with Gasteiger partial charge in [0.25, 0.3) is 0 Å². The molecule has 1 aliphatic heterocycles. The number of fused-ring (bicyclic) bond motifs is 3. The molecule has 0 saturated heterocycles. The Morgan fingerprint density at radius 2 is 2.15 bits per heavy atom. The second-order valence-electron chi connectivity index (χ2n) is 3.34. The fraction of sp³-hybridized carbons (Fsp3) is 0.200. The van der Waals surface area contributed by atoms with E-state index in [1.54, 1.807) is 0 Å². The first-order chi connectivity index (χ1) is 6.36. The summed E-state index contributed by atoms with van der Waals surface area (Å²) < 4.78 is 1.96. The summed E-state index contributed by atoms with van der Waals surface area (Å²) in [6, 6.07) is 8.39. The molecule has 2 heterocycles. The van der Waals surface area contributed by atoms with E-state index < -0.39 is 0 Å². The Morgan fingerprint density at radius 1 is 1.31 bits per heavy atom. The average Bonchev–Trinajstić information content (AvgIpc) is 2.66. The van der Waals surface area contributed by atoms with Crippen LogP contribution in [0, 0.1) is 6.92 Å². The van der Waals surface area contributed by atoms with Gasteiger partial charge in [0.1, 0.15) is 0 Å². The zero-order valence-corrected chi connectivity index (χ0v) is 7.36. The third-order valence-electron chi connectivity index (χ3n) is 2.50. The van der Waals surface area contributed by atoms with Gasteiger partial charge in [0, 0.05) is 5.56 Å². The first-order valence-electron chi connectivity index (χ1n) is 4.34. The zero-order chi connectivity index (χ0) is 8.84. The van der Waals surface area contributed by atoms with Crippen LogP contribution in [0.4, 0.5) is 0 Å². The van der Waals surface area contributed by atoms with Crippen molar-refractivity contribution in [2.24, 2.45) is 0 Å². The predicted octanol–water partition coefficient (Wildman–Crippen LogP) is 1.62. The molecule has 0 radical (unpaired) electrons. The lowest BCUT2D eigenvalue weighted by molar-refractivity contribution is 0.674. The Hall–Kier alpha value is -1.64. The minimum atomic E-state index is 0.867. The van der Waals surface area contributed by atoms with Crippen molar-refractivity contribution in [3.05, 3.63) is 35.5 Å². The van der Waals surface area contributed by atoms with Crippen molar-refractivity contribution < 1.29 is 0 Å². The minimum Gasteiger partial charge on any atom is -0.240 e. The molecule has 0 fully saturated rings. The van der Waals surface area contributed by atoms with Crippen LogP contribution in [0.1, 0.15) is 11.3 Å².